The first kappa shape index (κ1) is 18.2. The van der Waals surface area contributed by atoms with E-state index in [0.29, 0.717) is 53.4 Å². The lowest BCUT2D eigenvalue weighted by Gasteiger charge is -2.23. The van der Waals surface area contributed by atoms with Gasteiger partial charge in [-0.05, 0) is 49.1 Å². The molecule has 1 aromatic heterocycles. The van der Waals surface area contributed by atoms with Gasteiger partial charge in [0.25, 0.3) is 0 Å². The van der Waals surface area contributed by atoms with Crippen molar-refractivity contribution < 1.29 is 18.3 Å². The van der Waals surface area contributed by atoms with Gasteiger partial charge in [0.1, 0.15) is 17.1 Å². The molecule has 0 saturated carbocycles. The van der Waals surface area contributed by atoms with Crippen molar-refractivity contribution in [2.24, 2.45) is 5.92 Å². The third kappa shape index (κ3) is 3.39. The molecule has 2 heterocycles. The third-order valence-electron chi connectivity index (χ3n) is 5.00. The van der Waals surface area contributed by atoms with Gasteiger partial charge in [0, 0.05) is 24.8 Å². The second kappa shape index (κ2) is 7.44. The Morgan fingerprint density at radius 2 is 2.00 bits per heavy atom. The highest BCUT2D eigenvalue weighted by Crippen LogP contribution is 2.36. The monoisotopic (exact) mass is 392 g/mol. The summed E-state index contributed by atoms with van der Waals surface area (Å²) < 4.78 is 41.0. The van der Waals surface area contributed by atoms with Gasteiger partial charge in [0.05, 0.1) is 18.2 Å². The van der Waals surface area contributed by atoms with Gasteiger partial charge in [0.15, 0.2) is 11.6 Å². The minimum atomic E-state index is -0.938. The predicted molar refractivity (Wildman–Crippen MR) is 100 cm³/mol. The number of methoxy groups -OCH3 is 1. The molecule has 0 spiro atoms. The normalized spacial score (nSPS) is 15.4. The molecule has 4 nitrogen and oxygen atoms in total. The zero-order valence-corrected chi connectivity index (χ0v) is 15.6. The molecule has 1 aliphatic heterocycles. The molecular weight excluding hydrogens is 374 g/mol. The summed E-state index contributed by atoms with van der Waals surface area (Å²) in [6, 6.07) is 7.92. The third-order valence-corrected chi connectivity index (χ3v) is 5.23. The Labute approximate surface area is 160 Å². The van der Waals surface area contributed by atoms with Gasteiger partial charge in [-0.3, -0.25) is 0 Å². The van der Waals surface area contributed by atoms with Gasteiger partial charge in [-0.1, -0.05) is 11.6 Å². The molecule has 7 heteroatoms. The average Bonchev–Trinajstić information content (AvgIpc) is 3.04. The quantitative estimate of drug-likeness (QED) is 0.622. The fourth-order valence-electron chi connectivity index (χ4n) is 3.56. The fourth-order valence-corrected chi connectivity index (χ4v) is 3.72. The summed E-state index contributed by atoms with van der Waals surface area (Å²) in [4.78, 5) is 4.44. The summed E-state index contributed by atoms with van der Waals surface area (Å²) in [5.41, 5.74) is 1.27. The van der Waals surface area contributed by atoms with Crippen LogP contribution in [0.1, 0.15) is 12.8 Å². The van der Waals surface area contributed by atoms with Crippen molar-refractivity contribution in [3.8, 4) is 17.1 Å². The van der Waals surface area contributed by atoms with Crippen LogP contribution in [0.5, 0.6) is 5.75 Å². The summed E-state index contributed by atoms with van der Waals surface area (Å²) >= 11 is 6.07. The number of aromatic nitrogens is 2. The van der Waals surface area contributed by atoms with Crippen molar-refractivity contribution >= 4 is 22.6 Å². The Morgan fingerprint density at radius 1 is 1.22 bits per heavy atom. The smallest absolute Gasteiger partial charge is 0.186 e. The van der Waals surface area contributed by atoms with Crippen LogP contribution in [0.2, 0.25) is 5.02 Å². The van der Waals surface area contributed by atoms with Gasteiger partial charge < -0.3 is 14.0 Å². The van der Waals surface area contributed by atoms with Crippen LogP contribution >= 0.6 is 11.6 Å². The Hall–Kier alpha value is -2.18. The SMILES string of the molecule is COc1cc(Cl)ccc1-c1nc2c(F)c(F)ccc2n1CC1CCOCC1. The molecule has 0 amide bonds. The molecular formula is C20H19ClF2N2O2. The zero-order valence-electron chi connectivity index (χ0n) is 14.8. The van der Waals surface area contributed by atoms with Crippen LogP contribution in [0.25, 0.3) is 22.4 Å². The Morgan fingerprint density at radius 3 is 2.74 bits per heavy atom. The molecule has 0 radical (unpaired) electrons. The molecule has 1 fully saturated rings. The summed E-state index contributed by atoms with van der Waals surface area (Å²) in [6.07, 6.45) is 1.83. The highest BCUT2D eigenvalue weighted by Gasteiger charge is 2.23. The second-order valence-electron chi connectivity index (χ2n) is 6.68. The van der Waals surface area contributed by atoms with Gasteiger partial charge in [-0.15, -0.1) is 0 Å². The van der Waals surface area contributed by atoms with Crippen LogP contribution in [-0.4, -0.2) is 29.9 Å². The first-order valence-corrected chi connectivity index (χ1v) is 9.22. The number of hydrogen-bond acceptors (Lipinski definition) is 3. The molecule has 1 saturated heterocycles. The van der Waals surface area contributed by atoms with Crippen LogP contribution in [0.15, 0.2) is 30.3 Å². The molecule has 3 aromatic rings. The standard InChI is InChI=1S/C20H19ClF2N2O2/c1-26-17-10-13(21)2-3-14(17)20-24-19-16(5-4-15(22)18(19)23)25(20)11-12-6-8-27-9-7-12/h2-5,10,12H,6-9,11H2,1H3. The number of nitrogens with zero attached hydrogens (tertiary/aromatic N) is 2. The van der Waals surface area contributed by atoms with E-state index in [1.807, 2.05) is 4.57 Å². The summed E-state index contributed by atoms with van der Waals surface area (Å²) in [5.74, 6) is -0.400. The number of imidazole rings is 1. The van der Waals surface area contributed by atoms with E-state index in [1.165, 1.54) is 0 Å². The molecule has 27 heavy (non-hydrogen) atoms. The van der Waals surface area contributed by atoms with Crippen LogP contribution in [0.4, 0.5) is 8.78 Å². The summed E-state index contributed by atoms with van der Waals surface area (Å²) in [6.45, 7) is 2.06. The maximum absolute atomic E-state index is 14.4. The van der Waals surface area contributed by atoms with Crippen LogP contribution in [0, 0.1) is 17.6 Å². The molecule has 2 aromatic carbocycles. The van der Waals surface area contributed by atoms with E-state index in [9.17, 15) is 8.78 Å². The van der Waals surface area contributed by atoms with Crippen molar-refractivity contribution in [1.82, 2.24) is 9.55 Å². The van der Waals surface area contributed by atoms with E-state index in [1.54, 1.807) is 31.4 Å². The maximum atomic E-state index is 14.4. The molecule has 0 bridgehead atoms. The average molecular weight is 393 g/mol. The zero-order chi connectivity index (χ0) is 19.0. The van der Waals surface area contributed by atoms with Crippen LogP contribution in [-0.2, 0) is 11.3 Å². The molecule has 0 unspecified atom stereocenters. The van der Waals surface area contributed by atoms with E-state index in [2.05, 4.69) is 4.98 Å². The lowest BCUT2D eigenvalue weighted by molar-refractivity contribution is 0.0617. The highest BCUT2D eigenvalue weighted by atomic mass is 35.5. The first-order chi connectivity index (χ1) is 13.1. The number of fused-ring (bicyclic) bond motifs is 1. The lowest BCUT2D eigenvalue weighted by Crippen LogP contribution is -2.20. The number of hydrogen-bond donors (Lipinski definition) is 0. The minimum absolute atomic E-state index is 0.0223. The molecule has 142 valence electrons. The van der Waals surface area contributed by atoms with E-state index in [4.69, 9.17) is 21.1 Å². The minimum Gasteiger partial charge on any atom is -0.496 e. The summed E-state index contributed by atoms with van der Waals surface area (Å²) in [5, 5.41) is 0.528. The maximum Gasteiger partial charge on any atom is 0.186 e. The van der Waals surface area contributed by atoms with Crippen molar-refractivity contribution in [3.05, 3.63) is 47.0 Å². The number of ether oxygens (including phenoxy) is 2. The molecule has 0 aliphatic carbocycles. The highest BCUT2D eigenvalue weighted by molar-refractivity contribution is 6.30. The van der Waals surface area contributed by atoms with E-state index in [-0.39, 0.29) is 5.52 Å². The Balaban J connectivity index is 1.90. The second-order valence-corrected chi connectivity index (χ2v) is 7.11. The molecule has 4 rings (SSSR count). The van der Waals surface area contributed by atoms with E-state index < -0.39 is 11.6 Å². The largest absolute Gasteiger partial charge is 0.496 e. The fraction of sp³-hybridized carbons (Fsp3) is 0.350. The Kier molecular flexibility index (Phi) is 5.02. The molecule has 1 aliphatic rings. The number of benzene rings is 2. The lowest BCUT2D eigenvalue weighted by atomic mass is 10.00. The van der Waals surface area contributed by atoms with Gasteiger partial charge in [-0.2, -0.15) is 0 Å². The van der Waals surface area contributed by atoms with Crippen molar-refractivity contribution in [2.75, 3.05) is 20.3 Å². The van der Waals surface area contributed by atoms with E-state index in [0.717, 1.165) is 18.9 Å². The van der Waals surface area contributed by atoms with Gasteiger partial charge in [-0.25, -0.2) is 13.8 Å². The van der Waals surface area contributed by atoms with Gasteiger partial charge in [0.2, 0.25) is 0 Å². The van der Waals surface area contributed by atoms with Crippen molar-refractivity contribution in [3.63, 3.8) is 0 Å². The number of rotatable bonds is 4. The molecule has 0 atom stereocenters. The van der Waals surface area contributed by atoms with Crippen molar-refractivity contribution in [2.45, 2.75) is 19.4 Å². The first-order valence-electron chi connectivity index (χ1n) is 8.84. The van der Waals surface area contributed by atoms with Crippen LogP contribution in [0.3, 0.4) is 0 Å². The Bertz CT molecular complexity index is 984. The van der Waals surface area contributed by atoms with E-state index >= 15 is 0 Å². The van der Waals surface area contributed by atoms with Gasteiger partial charge >= 0.3 is 0 Å². The summed E-state index contributed by atoms with van der Waals surface area (Å²) in [7, 11) is 1.54. The molecule has 0 N–H and O–H groups in total. The van der Waals surface area contributed by atoms with Crippen molar-refractivity contribution in [1.29, 1.82) is 0 Å². The number of halogens is 3. The van der Waals surface area contributed by atoms with Crippen LogP contribution < -0.4 is 4.74 Å². The topological polar surface area (TPSA) is 36.3 Å². The predicted octanol–water partition coefficient (Wildman–Crippen LogP) is 5.07.